The van der Waals surface area contributed by atoms with Gasteiger partial charge in [-0.05, 0) is 42.8 Å². The zero-order chi connectivity index (χ0) is 22.3. The lowest BCUT2D eigenvalue weighted by molar-refractivity contribution is -0.122. The molecular weight excluding hydrogens is 408 g/mol. The van der Waals surface area contributed by atoms with Crippen molar-refractivity contribution in [3.8, 4) is 17.2 Å². The van der Waals surface area contributed by atoms with Crippen LogP contribution in [0.4, 0.5) is 5.69 Å². The molecule has 32 heavy (non-hydrogen) atoms. The van der Waals surface area contributed by atoms with Gasteiger partial charge in [0, 0.05) is 23.9 Å². The average molecular weight is 432 g/mol. The number of fused-ring (bicyclic) bond motifs is 1. The highest BCUT2D eigenvalue weighted by atomic mass is 16.6. The number of benzene rings is 3. The maximum atomic E-state index is 12.6. The number of hydrogen-bond donors (Lipinski definition) is 2. The molecule has 0 aromatic heterocycles. The van der Waals surface area contributed by atoms with Gasteiger partial charge in [-0.15, -0.1) is 0 Å². The van der Waals surface area contributed by atoms with Crippen LogP contribution in [0.1, 0.15) is 22.8 Å². The van der Waals surface area contributed by atoms with E-state index in [0.717, 1.165) is 5.56 Å². The van der Waals surface area contributed by atoms with Gasteiger partial charge in [-0.2, -0.15) is 0 Å². The highest BCUT2D eigenvalue weighted by Crippen LogP contribution is 2.32. The van der Waals surface area contributed by atoms with Crippen LogP contribution in [0.25, 0.3) is 0 Å². The number of ether oxygens (including phenoxy) is 3. The van der Waals surface area contributed by atoms with Gasteiger partial charge in [-0.3, -0.25) is 9.59 Å². The third-order valence-corrected chi connectivity index (χ3v) is 4.88. The van der Waals surface area contributed by atoms with Crippen LogP contribution >= 0.6 is 0 Å². The lowest BCUT2D eigenvalue weighted by Crippen LogP contribution is -2.30. The Morgan fingerprint density at radius 3 is 2.53 bits per heavy atom. The van der Waals surface area contributed by atoms with Crippen LogP contribution in [0, 0.1) is 0 Å². The van der Waals surface area contributed by atoms with Crippen LogP contribution in [0.5, 0.6) is 17.2 Å². The minimum absolute atomic E-state index is 0.215. The van der Waals surface area contributed by atoms with E-state index in [0.29, 0.717) is 48.3 Å². The van der Waals surface area contributed by atoms with E-state index in [1.807, 2.05) is 30.3 Å². The van der Waals surface area contributed by atoms with Gasteiger partial charge >= 0.3 is 0 Å². The van der Waals surface area contributed by atoms with Gasteiger partial charge in [-0.25, -0.2) is 0 Å². The third-order valence-electron chi connectivity index (χ3n) is 4.88. The molecule has 7 heteroatoms. The molecule has 0 saturated carbocycles. The summed E-state index contributed by atoms with van der Waals surface area (Å²) in [5.41, 5.74) is 2.05. The SMILES string of the molecule is C[C@H](Oc1cccc(C(=O)NCc2ccccc2)c1)C(=O)Nc1ccc2c(c1)OCCO2. The second kappa shape index (κ2) is 9.87. The summed E-state index contributed by atoms with van der Waals surface area (Å²) >= 11 is 0. The molecular formula is C25H24N2O5. The molecule has 0 radical (unpaired) electrons. The van der Waals surface area contributed by atoms with Gasteiger partial charge in [0.15, 0.2) is 17.6 Å². The second-order valence-corrected chi connectivity index (χ2v) is 7.30. The zero-order valence-electron chi connectivity index (χ0n) is 17.7. The Bertz CT molecular complexity index is 1100. The Morgan fingerprint density at radius 1 is 0.938 bits per heavy atom. The molecule has 2 amide bonds. The van der Waals surface area contributed by atoms with E-state index < -0.39 is 6.10 Å². The van der Waals surface area contributed by atoms with Crippen molar-refractivity contribution < 1.29 is 23.8 Å². The Morgan fingerprint density at radius 2 is 1.72 bits per heavy atom. The molecule has 0 unspecified atom stereocenters. The van der Waals surface area contributed by atoms with E-state index in [1.165, 1.54) is 0 Å². The Labute approximate surface area is 186 Å². The van der Waals surface area contributed by atoms with Gasteiger partial charge < -0.3 is 24.8 Å². The van der Waals surface area contributed by atoms with Crippen LogP contribution < -0.4 is 24.8 Å². The highest BCUT2D eigenvalue weighted by Gasteiger charge is 2.18. The first kappa shape index (κ1) is 21.2. The molecule has 1 aliphatic rings. The Balaban J connectivity index is 1.34. The normalized spacial score (nSPS) is 13.0. The zero-order valence-corrected chi connectivity index (χ0v) is 17.7. The molecule has 1 heterocycles. The summed E-state index contributed by atoms with van der Waals surface area (Å²) in [4.78, 5) is 25.1. The Hall–Kier alpha value is -4.00. The van der Waals surface area contributed by atoms with Gasteiger partial charge in [0.2, 0.25) is 0 Å². The minimum Gasteiger partial charge on any atom is -0.486 e. The molecule has 4 rings (SSSR count). The topological polar surface area (TPSA) is 85.9 Å². The fourth-order valence-electron chi connectivity index (χ4n) is 3.21. The molecule has 0 spiro atoms. The van der Waals surface area contributed by atoms with Crippen molar-refractivity contribution in [2.24, 2.45) is 0 Å². The molecule has 0 saturated heterocycles. The molecule has 0 aliphatic carbocycles. The average Bonchev–Trinajstić information content (AvgIpc) is 2.83. The van der Waals surface area contributed by atoms with Crippen LogP contribution in [-0.2, 0) is 11.3 Å². The van der Waals surface area contributed by atoms with Gasteiger partial charge in [0.05, 0.1) is 0 Å². The number of amides is 2. The van der Waals surface area contributed by atoms with Crippen LogP contribution in [0.15, 0.2) is 72.8 Å². The van der Waals surface area contributed by atoms with Crippen molar-refractivity contribution in [2.45, 2.75) is 19.6 Å². The molecule has 2 N–H and O–H groups in total. The van der Waals surface area contributed by atoms with Crippen LogP contribution in [-0.4, -0.2) is 31.1 Å². The fraction of sp³-hybridized carbons (Fsp3) is 0.200. The molecule has 3 aromatic rings. The lowest BCUT2D eigenvalue weighted by Gasteiger charge is -2.20. The molecule has 0 bridgehead atoms. The summed E-state index contributed by atoms with van der Waals surface area (Å²) in [5, 5.41) is 5.69. The first-order valence-electron chi connectivity index (χ1n) is 10.4. The smallest absolute Gasteiger partial charge is 0.265 e. The molecule has 1 atom stereocenters. The maximum absolute atomic E-state index is 12.6. The quantitative estimate of drug-likeness (QED) is 0.593. The predicted octanol–water partition coefficient (Wildman–Crippen LogP) is 3.79. The van der Waals surface area contributed by atoms with E-state index in [4.69, 9.17) is 14.2 Å². The number of carbonyl (C=O) groups is 2. The first-order valence-corrected chi connectivity index (χ1v) is 10.4. The first-order chi connectivity index (χ1) is 15.6. The van der Waals surface area contributed by atoms with E-state index in [2.05, 4.69) is 10.6 Å². The lowest BCUT2D eigenvalue weighted by atomic mass is 10.2. The summed E-state index contributed by atoms with van der Waals surface area (Å²) in [7, 11) is 0. The summed E-state index contributed by atoms with van der Waals surface area (Å²) in [5.74, 6) is 1.15. The number of anilines is 1. The van der Waals surface area contributed by atoms with Crippen molar-refractivity contribution in [2.75, 3.05) is 18.5 Å². The Kier molecular flexibility index (Phi) is 6.55. The molecule has 1 aliphatic heterocycles. The van der Waals surface area contributed by atoms with Crippen molar-refractivity contribution in [1.29, 1.82) is 0 Å². The van der Waals surface area contributed by atoms with Gasteiger partial charge in [0.25, 0.3) is 11.8 Å². The second-order valence-electron chi connectivity index (χ2n) is 7.30. The molecule has 164 valence electrons. The summed E-state index contributed by atoms with van der Waals surface area (Å²) in [6, 6.07) is 21.6. The third kappa shape index (κ3) is 5.37. The number of rotatable bonds is 7. The maximum Gasteiger partial charge on any atom is 0.265 e. The van der Waals surface area contributed by atoms with E-state index in [-0.39, 0.29) is 11.8 Å². The summed E-state index contributed by atoms with van der Waals surface area (Å²) < 4.78 is 16.8. The van der Waals surface area contributed by atoms with Crippen molar-refractivity contribution in [1.82, 2.24) is 5.32 Å². The number of carbonyl (C=O) groups excluding carboxylic acids is 2. The van der Waals surface area contributed by atoms with Crippen molar-refractivity contribution >= 4 is 17.5 Å². The standard InChI is InChI=1S/C25H24N2O5/c1-17(24(28)27-20-10-11-22-23(15-20)31-13-12-30-22)32-21-9-5-8-19(14-21)25(29)26-16-18-6-3-2-4-7-18/h2-11,14-15,17H,12-13,16H2,1H3,(H,26,29)(H,27,28)/t17-/m0/s1. The monoisotopic (exact) mass is 432 g/mol. The van der Waals surface area contributed by atoms with Crippen LogP contribution in [0.2, 0.25) is 0 Å². The molecule has 7 nitrogen and oxygen atoms in total. The number of nitrogens with one attached hydrogen (secondary N) is 2. The van der Waals surface area contributed by atoms with Crippen molar-refractivity contribution in [3.05, 3.63) is 83.9 Å². The molecule has 0 fully saturated rings. The minimum atomic E-state index is -0.772. The molecule has 3 aromatic carbocycles. The fourth-order valence-corrected chi connectivity index (χ4v) is 3.21. The number of hydrogen-bond acceptors (Lipinski definition) is 5. The highest BCUT2D eigenvalue weighted by molar-refractivity contribution is 5.95. The largest absolute Gasteiger partial charge is 0.486 e. The summed E-state index contributed by atoms with van der Waals surface area (Å²) in [6.07, 6.45) is -0.772. The van der Waals surface area contributed by atoms with Crippen molar-refractivity contribution in [3.63, 3.8) is 0 Å². The van der Waals surface area contributed by atoms with E-state index in [9.17, 15) is 9.59 Å². The van der Waals surface area contributed by atoms with Crippen LogP contribution in [0.3, 0.4) is 0 Å². The van der Waals surface area contributed by atoms with Gasteiger partial charge in [-0.1, -0.05) is 36.4 Å². The van der Waals surface area contributed by atoms with E-state index in [1.54, 1.807) is 49.4 Å². The van der Waals surface area contributed by atoms with Gasteiger partial charge in [0.1, 0.15) is 19.0 Å². The predicted molar refractivity (Wildman–Crippen MR) is 120 cm³/mol. The van der Waals surface area contributed by atoms with E-state index >= 15 is 0 Å². The summed E-state index contributed by atoms with van der Waals surface area (Å²) in [6.45, 7) is 3.06.